The number of nitrogen functional groups attached to an aromatic ring is 1. The predicted molar refractivity (Wildman–Crippen MR) is 109 cm³/mol. The summed E-state index contributed by atoms with van der Waals surface area (Å²) in [5, 5.41) is 25.2. The molecular weight excluding hydrogens is 366 g/mol. The van der Waals surface area contributed by atoms with Crippen molar-refractivity contribution in [3.05, 3.63) is 65.5 Å². The van der Waals surface area contributed by atoms with Crippen LogP contribution in [0, 0.1) is 22.7 Å². The number of hydrogen-bond donors (Lipinski definition) is 3. The first-order valence-electron chi connectivity index (χ1n) is 8.68. The van der Waals surface area contributed by atoms with Gasteiger partial charge in [-0.25, -0.2) is 4.98 Å². The lowest BCUT2D eigenvalue weighted by Gasteiger charge is -2.15. The summed E-state index contributed by atoms with van der Waals surface area (Å²) in [7, 11) is 0. The van der Waals surface area contributed by atoms with E-state index in [2.05, 4.69) is 26.7 Å². The number of carbonyl (C=O) groups is 1. The van der Waals surface area contributed by atoms with Crippen molar-refractivity contribution < 1.29 is 4.79 Å². The molecule has 0 atom stereocenters. The quantitative estimate of drug-likeness (QED) is 0.615. The highest BCUT2D eigenvalue weighted by molar-refractivity contribution is 5.90. The van der Waals surface area contributed by atoms with Crippen LogP contribution in [-0.4, -0.2) is 15.9 Å². The molecule has 3 rings (SSSR count). The van der Waals surface area contributed by atoms with Gasteiger partial charge in [0.2, 0.25) is 5.91 Å². The summed E-state index contributed by atoms with van der Waals surface area (Å²) in [4.78, 5) is 19.5. The average Bonchev–Trinajstić information content (AvgIpc) is 2.72. The number of nitrogens with zero attached hydrogens (tertiary/aromatic N) is 4. The number of aromatic nitrogens is 2. The molecule has 1 aromatic carbocycles. The van der Waals surface area contributed by atoms with Crippen LogP contribution in [0.15, 0.2) is 48.8 Å². The van der Waals surface area contributed by atoms with Gasteiger partial charge in [0.15, 0.2) is 0 Å². The number of rotatable bonds is 5. The van der Waals surface area contributed by atoms with Gasteiger partial charge in [0.05, 0.1) is 0 Å². The zero-order valence-corrected chi connectivity index (χ0v) is 15.6. The fourth-order valence-electron chi connectivity index (χ4n) is 2.85. The zero-order valence-electron chi connectivity index (χ0n) is 15.6. The molecule has 142 valence electrons. The van der Waals surface area contributed by atoms with Crippen LogP contribution in [0.5, 0.6) is 0 Å². The summed E-state index contributed by atoms with van der Waals surface area (Å²) in [6, 6.07) is 14.7. The van der Waals surface area contributed by atoms with Gasteiger partial charge in [-0.2, -0.15) is 10.5 Å². The number of benzene rings is 1. The highest BCUT2D eigenvalue weighted by atomic mass is 16.1. The Hall–Kier alpha value is -4.43. The number of amides is 1. The second kappa shape index (κ2) is 8.51. The van der Waals surface area contributed by atoms with Crippen molar-refractivity contribution in [2.45, 2.75) is 13.5 Å². The van der Waals surface area contributed by atoms with Crippen molar-refractivity contribution in [2.75, 3.05) is 16.4 Å². The minimum Gasteiger partial charge on any atom is -0.383 e. The fraction of sp³-hybridized carbons (Fsp3) is 0.0952. The number of nitriles is 2. The van der Waals surface area contributed by atoms with Crippen LogP contribution >= 0.6 is 0 Å². The number of anilines is 3. The van der Waals surface area contributed by atoms with E-state index in [1.54, 1.807) is 36.7 Å². The van der Waals surface area contributed by atoms with Crippen molar-refractivity contribution >= 4 is 23.2 Å². The molecule has 0 spiro atoms. The molecule has 0 bridgehead atoms. The summed E-state index contributed by atoms with van der Waals surface area (Å²) in [6.07, 6.45) is 3.37. The Morgan fingerprint density at radius 2 is 1.86 bits per heavy atom. The van der Waals surface area contributed by atoms with Crippen molar-refractivity contribution in [3.63, 3.8) is 0 Å². The Morgan fingerprint density at radius 1 is 1.14 bits per heavy atom. The van der Waals surface area contributed by atoms with Crippen LogP contribution in [0.1, 0.15) is 23.6 Å². The van der Waals surface area contributed by atoms with E-state index in [4.69, 9.17) is 5.73 Å². The average molecular weight is 383 g/mol. The lowest BCUT2D eigenvalue weighted by atomic mass is 9.95. The maximum absolute atomic E-state index is 11.2. The maximum Gasteiger partial charge on any atom is 0.221 e. The van der Waals surface area contributed by atoms with Gasteiger partial charge in [0.1, 0.15) is 34.9 Å². The van der Waals surface area contributed by atoms with Crippen LogP contribution in [0.4, 0.5) is 17.3 Å². The van der Waals surface area contributed by atoms with Gasteiger partial charge >= 0.3 is 0 Å². The molecule has 8 nitrogen and oxygen atoms in total. The Morgan fingerprint density at radius 3 is 2.45 bits per heavy atom. The second-order valence-corrected chi connectivity index (χ2v) is 6.17. The van der Waals surface area contributed by atoms with Crippen LogP contribution in [0.3, 0.4) is 0 Å². The summed E-state index contributed by atoms with van der Waals surface area (Å²) in [5.74, 6) is 0.123. The molecule has 0 radical (unpaired) electrons. The van der Waals surface area contributed by atoms with Crippen LogP contribution in [0.2, 0.25) is 0 Å². The number of hydrogen-bond acceptors (Lipinski definition) is 7. The third-order valence-electron chi connectivity index (χ3n) is 4.13. The molecule has 8 heteroatoms. The molecule has 2 aromatic heterocycles. The zero-order chi connectivity index (χ0) is 20.8. The first kappa shape index (κ1) is 19.3. The number of nitrogens with two attached hydrogens (primary N) is 1. The highest BCUT2D eigenvalue weighted by Crippen LogP contribution is 2.34. The highest BCUT2D eigenvalue weighted by Gasteiger charge is 2.20. The fourth-order valence-corrected chi connectivity index (χ4v) is 2.85. The number of pyridine rings is 2. The van der Waals surface area contributed by atoms with Gasteiger partial charge < -0.3 is 16.4 Å². The van der Waals surface area contributed by atoms with Crippen LogP contribution in [-0.2, 0) is 11.3 Å². The third kappa shape index (κ3) is 4.29. The monoisotopic (exact) mass is 383 g/mol. The Kier molecular flexibility index (Phi) is 5.67. The van der Waals surface area contributed by atoms with E-state index in [1.807, 2.05) is 18.2 Å². The van der Waals surface area contributed by atoms with Crippen LogP contribution in [0.25, 0.3) is 11.1 Å². The van der Waals surface area contributed by atoms with Gasteiger partial charge in [-0.05, 0) is 29.3 Å². The molecule has 29 heavy (non-hydrogen) atoms. The minimum atomic E-state index is -0.191. The molecule has 3 aromatic rings. The smallest absolute Gasteiger partial charge is 0.221 e. The molecule has 4 N–H and O–H groups in total. The molecular formula is C21H17N7O. The molecule has 0 saturated heterocycles. The van der Waals surface area contributed by atoms with E-state index >= 15 is 0 Å². The second-order valence-electron chi connectivity index (χ2n) is 6.17. The van der Waals surface area contributed by atoms with E-state index < -0.39 is 0 Å². The lowest BCUT2D eigenvalue weighted by Crippen LogP contribution is -2.09. The maximum atomic E-state index is 11.2. The van der Waals surface area contributed by atoms with Crippen LogP contribution < -0.4 is 16.4 Å². The van der Waals surface area contributed by atoms with Gasteiger partial charge in [-0.3, -0.25) is 9.78 Å². The van der Waals surface area contributed by atoms with Crippen molar-refractivity contribution in [1.29, 1.82) is 10.5 Å². The minimum absolute atomic E-state index is 0.0288. The third-order valence-corrected chi connectivity index (χ3v) is 4.13. The van der Waals surface area contributed by atoms with E-state index in [9.17, 15) is 15.3 Å². The summed E-state index contributed by atoms with van der Waals surface area (Å²) in [5.41, 5.74) is 8.87. The molecule has 2 heterocycles. The topological polar surface area (TPSA) is 141 Å². The molecule has 0 saturated carbocycles. The number of nitrogens with one attached hydrogen (secondary N) is 2. The van der Waals surface area contributed by atoms with Crippen molar-refractivity contribution in [3.8, 4) is 23.3 Å². The molecule has 1 amide bonds. The Labute approximate surface area is 167 Å². The molecule has 0 aliphatic heterocycles. The van der Waals surface area contributed by atoms with E-state index in [0.29, 0.717) is 23.4 Å². The SMILES string of the molecule is CC(=O)Nc1ccc(-c2c(C#N)c(N)nc(NCc3cccnc3)c2C#N)cc1. The van der Waals surface area contributed by atoms with E-state index in [0.717, 1.165) is 5.56 Å². The van der Waals surface area contributed by atoms with Crippen molar-refractivity contribution in [2.24, 2.45) is 0 Å². The van der Waals surface area contributed by atoms with Gasteiger partial charge in [-0.15, -0.1) is 0 Å². The summed E-state index contributed by atoms with van der Waals surface area (Å²) < 4.78 is 0. The van der Waals surface area contributed by atoms with E-state index in [1.165, 1.54) is 6.92 Å². The standard InChI is InChI=1S/C21H17N7O/c1-13(29)27-16-6-4-15(5-7-16)19-17(9-22)20(24)28-21(18(19)10-23)26-12-14-3-2-8-25-11-14/h2-8,11H,12H2,1H3,(H,27,29)(H3,24,26,28). The van der Waals surface area contributed by atoms with E-state index in [-0.39, 0.29) is 28.7 Å². The first-order chi connectivity index (χ1) is 14.0. The Bertz CT molecular complexity index is 1130. The summed E-state index contributed by atoms with van der Waals surface area (Å²) >= 11 is 0. The van der Waals surface area contributed by atoms with Gasteiger partial charge in [-0.1, -0.05) is 18.2 Å². The van der Waals surface area contributed by atoms with Gasteiger partial charge in [0, 0.05) is 37.1 Å². The molecule has 0 aliphatic rings. The largest absolute Gasteiger partial charge is 0.383 e. The molecule has 0 fully saturated rings. The van der Waals surface area contributed by atoms with Crippen molar-refractivity contribution in [1.82, 2.24) is 9.97 Å². The summed E-state index contributed by atoms with van der Waals surface area (Å²) in [6.45, 7) is 1.81. The number of carbonyl (C=O) groups excluding carboxylic acids is 1. The normalized spacial score (nSPS) is 9.90. The Balaban J connectivity index is 2.05. The van der Waals surface area contributed by atoms with Gasteiger partial charge in [0.25, 0.3) is 0 Å². The molecule has 0 unspecified atom stereocenters. The first-order valence-corrected chi connectivity index (χ1v) is 8.68. The predicted octanol–water partition coefficient (Wildman–Crippen LogP) is 3.04. The lowest BCUT2D eigenvalue weighted by molar-refractivity contribution is -0.114. The molecule has 0 aliphatic carbocycles.